The quantitative estimate of drug-likeness (QED) is 0.770. The normalized spacial score (nSPS) is 22.4. The Hall–Kier alpha value is -0.590. The third kappa shape index (κ3) is 2.01. The van der Waals surface area contributed by atoms with Gasteiger partial charge < -0.3 is 9.26 Å². The maximum absolute atomic E-state index is 5.08. The maximum atomic E-state index is 5.08. The van der Waals surface area contributed by atoms with Gasteiger partial charge in [0.05, 0.1) is 6.04 Å². The topological polar surface area (TPSA) is 60.2 Å². The highest BCUT2D eigenvalue weighted by molar-refractivity contribution is 7.99. The van der Waals surface area contributed by atoms with Crippen molar-refractivity contribution in [2.24, 2.45) is 0 Å². The Kier molecular flexibility index (Phi) is 2.82. The summed E-state index contributed by atoms with van der Waals surface area (Å²) in [7, 11) is 1.61. The first kappa shape index (κ1) is 8.98. The van der Waals surface area contributed by atoms with Crippen molar-refractivity contribution in [2.75, 3.05) is 18.7 Å². The van der Waals surface area contributed by atoms with Gasteiger partial charge in [0.2, 0.25) is 5.89 Å². The Balaban J connectivity index is 2.03. The molecule has 72 valence electrons. The van der Waals surface area contributed by atoms with Gasteiger partial charge in [0.15, 0.2) is 5.82 Å². The molecule has 1 aromatic heterocycles. The van der Waals surface area contributed by atoms with Crippen molar-refractivity contribution in [1.29, 1.82) is 0 Å². The van der Waals surface area contributed by atoms with Gasteiger partial charge in [-0.3, -0.25) is 5.32 Å². The van der Waals surface area contributed by atoms with Crippen molar-refractivity contribution in [3.05, 3.63) is 11.7 Å². The molecule has 1 atom stereocenters. The number of ether oxygens (including phenoxy) is 1. The first-order valence-corrected chi connectivity index (χ1v) is 5.18. The first-order chi connectivity index (χ1) is 6.40. The Morgan fingerprint density at radius 1 is 1.77 bits per heavy atom. The summed E-state index contributed by atoms with van der Waals surface area (Å²) in [6.45, 7) is 0.406. The number of methoxy groups -OCH3 is 1. The van der Waals surface area contributed by atoms with E-state index in [2.05, 4.69) is 15.5 Å². The van der Waals surface area contributed by atoms with Crippen LogP contribution < -0.4 is 5.32 Å². The number of nitrogens with one attached hydrogen (secondary N) is 1. The van der Waals surface area contributed by atoms with Crippen LogP contribution in [0.4, 0.5) is 0 Å². The van der Waals surface area contributed by atoms with Gasteiger partial charge in [-0.15, -0.1) is 11.8 Å². The summed E-state index contributed by atoms with van der Waals surface area (Å²) in [6.07, 6.45) is 0. The zero-order valence-corrected chi connectivity index (χ0v) is 8.13. The molecule has 6 heteroatoms. The maximum Gasteiger partial charge on any atom is 0.244 e. The summed E-state index contributed by atoms with van der Waals surface area (Å²) in [5.41, 5.74) is 0. The van der Waals surface area contributed by atoms with E-state index in [4.69, 9.17) is 9.26 Å². The second kappa shape index (κ2) is 4.08. The van der Waals surface area contributed by atoms with Crippen molar-refractivity contribution < 1.29 is 9.26 Å². The van der Waals surface area contributed by atoms with E-state index in [0.717, 1.165) is 11.6 Å². The van der Waals surface area contributed by atoms with E-state index in [1.807, 2.05) is 11.8 Å². The molecule has 1 aromatic rings. The molecule has 2 rings (SSSR count). The average molecular weight is 201 g/mol. The summed E-state index contributed by atoms with van der Waals surface area (Å²) in [6, 6.07) is 0.211. The van der Waals surface area contributed by atoms with Gasteiger partial charge in [0, 0.05) is 18.7 Å². The number of nitrogens with zero attached hydrogens (tertiary/aromatic N) is 2. The van der Waals surface area contributed by atoms with Crippen LogP contribution in [0, 0.1) is 0 Å². The highest BCUT2D eigenvalue weighted by Crippen LogP contribution is 2.22. The van der Waals surface area contributed by atoms with Crippen LogP contribution in [0.25, 0.3) is 0 Å². The molecule has 1 saturated heterocycles. The second-order valence-corrected chi connectivity index (χ2v) is 3.78. The van der Waals surface area contributed by atoms with Crippen LogP contribution in [0.3, 0.4) is 0 Å². The molecule has 1 N–H and O–H groups in total. The molecule has 0 aliphatic carbocycles. The Bertz CT molecular complexity index is 272. The Morgan fingerprint density at radius 3 is 3.38 bits per heavy atom. The lowest BCUT2D eigenvalue weighted by molar-refractivity contribution is 0.174. The van der Waals surface area contributed by atoms with E-state index in [1.165, 1.54) is 0 Å². The fourth-order valence-corrected chi connectivity index (χ4v) is 2.08. The van der Waals surface area contributed by atoms with Crippen molar-refractivity contribution >= 4 is 11.8 Å². The minimum atomic E-state index is 0.211. The van der Waals surface area contributed by atoms with E-state index in [9.17, 15) is 0 Å². The lowest BCUT2D eigenvalue weighted by Crippen LogP contribution is -2.14. The van der Waals surface area contributed by atoms with Gasteiger partial charge in [0.1, 0.15) is 6.61 Å². The molecule has 0 spiro atoms. The Labute approximate surface area is 80.2 Å². The molecule has 0 radical (unpaired) electrons. The molecule has 1 aliphatic heterocycles. The van der Waals surface area contributed by atoms with Crippen LogP contribution >= 0.6 is 11.8 Å². The molecule has 0 amide bonds. The van der Waals surface area contributed by atoms with Crippen molar-refractivity contribution in [1.82, 2.24) is 15.5 Å². The molecule has 1 aliphatic rings. The standard InChI is InChI=1S/C7H11N3O2S/c1-11-2-6-9-7(12-10-6)5-3-13-4-8-5/h5,8H,2-4H2,1H3/t5-/m1/s1. The van der Waals surface area contributed by atoms with Crippen molar-refractivity contribution in [3.63, 3.8) is 0 Å². The Morgan fingerprint density at radius 2 is 2.69 bits per heavy atom. The number of aromatic nitrogens is 2. The van der Waals surface area contributed by atoms with Crippen LogP contribution in [-0.2, 0) is 11.3 Å². The molecule has 2 heterocycles. The lowest BCUT2D eigenvalue weighted by Gasteiger charge is -1.99. The van der Waals surface area contributed by atoms with E-state index < -0.39 is 0 Å². The molecule has 5 nitrogen and oxygen atoms in total. The molecule has 0 aromatic carbocycles. The van der Waals surface area contributed by atoms with Crippen molar-refractivity contribution in [3.8, 4) is 0 Å². The van der Waals surface area contributed by atoms with Gasteiger partial charge in [-0.2, -0.15) is 4.98 Å². The molecular formula is C7H11N3O2S. The first-order valence-electron chi connectivity index (χ1n) is 4.02. The van der Waals surface area contributed by atoms with E-state index in [-0.39, 0.29) is 6.04 Å². The van der Waals surface area contributed by atoms with Gasteiger partial charge >= 0.3 is 0 Å². The highest BCUT2D eigenvalue weighted by atomic mass is 32.2. The molecule has 1 fully saturated rings. The zero-order chi connectivity index (χ0) is 9.10. The number of thioether (sulfide) groups is 1. The average Bonchev–Trinajstić information content (AvgIpc) is 2.70. The van der Waals surface area contributed by atoms with Gasteiger partial charge in [-0.25, -0.2) is 0 Å². The predicted molar refractivity (Wildman–Crippen MR) is 48.2 cm³/mol. The highest BCUT2D eigenvalue weighted by Gasteiger charge is 2.22. The SMILES string of the molecule is COCc1noc([C@H]2CSCN2)n1. The molecule has 0 saturated carbocycles. The molecule has 13 heavy (non-hydrogen) atoms. The second-order valence-electron chi connectivity index (χ2n) is 2.75. The predicted octanol–water partition coefficient (Wildman–Crippen LogP) is 0.551. The molecular weight excluding hydrogens is 190 g/mol. The monoisotopic (exact) mass is 201 g/mol. The zero-order valence-electron chi connectivity index (χ0n) is 7.32. The van der Waals surface area contributed by atoms with Crippen LogP contribution in [0.2, 0.25) is 0 Å². The van der Waals surface area contributed by atoms with Crippen LogP contribution in [-0.4, -0.2) is 28.9 Å². The van der Waals surface area contributed by atoms with E-state index in [0.29, 0.717) is 18.3 Å². The van der Waals surface area contributed by atoms with Gasteiger partial charge in [-0.1, -0.05) is 5.16 Å². The minimum Gasteiger partial charge on any atom is -0.377 e. The summed E-state index contributed by atoms with van der Waals surface area (Å²) < 4.78 is 9.98. The summed E-state index contributed by atoms with van der Waals surface area (Å²) >= 11 is 1.83. The molecule has 0 unspecified atom stereocenters. The summed E-state index contributed by atoms with van der Waals surface area (Å²) in [5, 5.41) is 7.04. The largest absolute Gasteiger partial charge is 0.377 e. The number of hydrogen-bond donors (Lipinski definition) is 1. The van der Waals surface area contributed by atoms with Gasteiger partial charge in [-0.05, 0) is 0 Å². The smallest absolute Gasteiger partial charge is 0.244 e. The fraction of sp³-hybridized carbons (Fsp3) is 0.714. The van der Waals surface area contributed by atoms with Gasteiger partial charge in [0.25, 0.3) is 0 Å². The summed E-state index contributed by atoms with van der Waals surface area (Å²) in [4.78, 5) is 4.20. The van der Waals surface area contributed by atoms with Crippen LogP contribution in [0.5, 0.6) is 0 Å². The third-order valence-electron chi connectivity index (χ3n) is 1.77. The van der Waals surface area contributed by atoms with Crippen LogP contribution in [0.15, 0.2) is 4.52 Å². The van der Waals surface area contributed by atoms with E-state index in [1.54, 1.807) is 7.11 Å². The van der Waals surface area contributed by atoms with E-state index >= 15 is 0 Å². The lowest BCUT2D eigenvalue weighted by atomic mass is 10.3. The summed E-state index contributed by atoms with van der Waals surface area (Å²) in [5.74, 6) is 3.22. The number of rotatable bonds is 3. The van der Waals surface area contributed by atoms with Crippen molar-refractivity contribution in [2.45, 2.75) is 12.6 Å². The fourth-order valence-electron chi connectivity index (χ4n) is 1.15. The van der Waals surface area contributed by atoms with Crippen LogP contribution in [0.1, 0.15) is 17.8 Å². The number of hydrogen-bond acceptors (Lipinski definition) is 6. The molecule has 0 bridgehead atoms. The third-order valence-corrected chi connectivity index (χ3v) is 2.71. The minimum absolute atomic E-state index is 0.211.